The van der Waals surface area contributed by atoms with E-state index in [2.05, 4.69) is 19.1 Å². The average molecular weight is 373 g/mol. The number of hydrogen-bond acceptors (Lipinski definition) is 3. The zero-order chi connectivity index (χ0) is 18.7. The maximum Gasteiger partial charge on any atom is 0.310 e. The average Bonchev–Trinajstić information content (AvgIpc) is 3.47. The van der Waals surface area contributed by atoms with Gasteiger partial charge in [-0.1, -0.05) is 43.6 Å². The highest BCUT2D eigenvalue weighted by atomic mass is 35.5. The topological polar surface area (TPSA) is 35.5 Å². The Morgan fingerprint density at radius 2 is 1.96 bits per heavy atom. The summed E-state index contributed by atoms with van der Waals surface area (Å²) in [7, 11) is 0. The van der Waals surface area contributed by atoms with Crippen LogP contribution < -0.4 is 9.47 Å². The van der Waals surface area contributed by atoms with Gasteiger partial charge in [0.1, 0.15) is 18.1 Å². The maximum atomic E-state index is 11.8. The third-order valence-corrected chi connectivity index (χ3v) is 5.20. The van der Waals surface area contributed by atoms with Crippen LogP contribution >= 0.6 is 11.6 Å². The van der Waals surface area contributed by atoms with Crippen LogP contribution in [0.3, 0.4) is 0 Å². The van der Waals surface area contributed by atoms with E-state index in [1.165, 1.54) is 18.4 Å². The molecule has 0 bridgehead atoms. The van der Waals surface area contributed by atoms with Gasteiger partial charge in [0.25, 0.3) is 0 Å². The molecule has 1 aliphatic carbocycles. The second kappa shape index (κ2) is 8.13. The molecule has 0 aliphatic heterocycles. The van der Waals surface area contributed by atoms with Crippen molar-refractivity contribution >= 4 is 17.6 Å². The third kappa shape index (κ3) is 4.21. The molecule has 2 aromatic rings. The van der Waals surface area contributed by atoms with E-state index >= 15 is 0 Å². The molecule has 0 atom stereocenters. The molecule has 3 rings (SSSR count). The minimum Gasteiger partial charge on any atom is -0.488 e. The van der Waals surface area contributed by atoms with Gasteiger partial charge in [0.15, 0.2) is 0 Å². The minimum atomic E-state index is -0.230. The first kappa shape index (κ1) is 18.8. The molecule has 1 fully saturated rings. The van der Waals surface area contributed by atoms with Gasteiger partial charge < -0.3 is 9.47 Å². The van der Waals surface area contributed by atoms with Gasteiger partial charge in [-0.25, -0.2) is 0 Å². The van der Waals surface area contributed by atoms with Gasteiger partial charge in [-0.3, -0.25) is 4.79 Å². The second-order valence-corrected chi connectivity index (χ2v) is 7.18. The highest BCUT2D eigenvalue weighted by molar-refractivity contribution is 6.31. The van der Waals surface area contributed by atoms with E-state index in [9.17, 15) is 4.79 Å². The van der Waals surface area contributed by atoms with Gasteiger partial charge in [0.05, 0.1) is 0 Å². The van der Waals surface area contributed by atoms with Gasteiger partial charge in [0.2, 0.25) is 0 Å². The lowest BCUT2D eigenvalue weighted by Crippen LogP contribution is -2.10. The van der Waals surface area contributed by atoms with Gasteiger partial charge in [-0.05, 0) is 60.9 Å². The Labute approximate surface area is 160 Å². The Kier molecular flexibility index (Phi) is 5.87. The highest BCUT2D eigenvalue weighted by Crippen LogP contribution is 2.44. The van der Waals surface area contributed by atoms with Crippen molar-refractivity contribution in [2.45, 2.75) is 59.0 Å². The van der Waals surface area contributed by atoms with Crippen molar-refractivity contribution in [1.29, 1.82) is 0 Å². The summed E-state index contributed by atoms with van der Waals surface area (Å²) in [5, 5.41) is 0.699. The Bertz CT molecular complexity index is 809. The van der Waals surface area contributed by atoms with Gasteiger partial charge in [-0.15, -0.1) is 0 Å². The summed E-state index contributed by atoms with van der Waals surface area (Å²) in [6.07, 6.45) is 3.57. The lowest BCUT2D eigenvalue weighted by Gasteiger charge is -2.17. The van der Waals surface area contributed by atoms with Crippen molar-refractivity contribution in [2.24, 2.45) is 0 Å². The molecule has 0 spiro atoms. The first-order chi connectivity index (χ1) is 12.5. The van der Waals surface area contributed by atoms with Crippen molar-refractivity contribution in [1.82, 2.24) is 0 Å². The molecule has 4 heteroatoms. The molecular weight excluding hydrogens is 348 g/mol. The number of aryl methyl sites for hydroxylation is 2. The smallest absolute Gasteiger partial charge is 0.310 e. The van der Waals surface area contributed by atoms with Crippen molar-refractivity contribution < 1.29 is 14.3 Å². The Hall–Kier alpha value is -2.00. The van der Waals surface area contributed by atoms with Crippen molar-refractivity contribution in [2.75, 3.05) is 0 Å². The Balaban J connectivity index is 1.89. The maximum absolute atomic E-state index is 11.8. The van der Waals surface area contributed by atoms with Gasteiger partial charge in [0, 0.05) is 17.0 Å². The van der Waals surface area contributed by atoms with E-state index in [0.29, 0.717) is 29.7 Å². The lowest BCUT2D eigenvalue weighted by atomic mass is 10.0. The molecule has 2 aromatic carbocycles. The SMILES string of the molecule is CCC(=O)Oc1cccc(C2CC2)c1COc1cc(Cl)c(C)cc1CC. The van der Waals surface area contributed by atoms with Crippen LogP contribution in [0.5, 0.6) is 11.5 Å². The number of benzene rings is 2. The number of ether oxygens (including phenoxy) is 2. The molecule has 26 heavy (non-hydrogen) atoms. The molecular formula is C22H25ClO3. The largest absolute Gasteiger partial charge is 0.488 e. The third-order valence-electron chi connectivity index (χ3n) is 4.79. The van der Waals surface area contributed by atoms with Crippen molar-refractivity contribution in [3.05, 3.63) is 57.6 Å². The van der Waals surface area contributed by atoms with Crippen LogP contribution in [0, 0.1) is 6.92 Å². The fourth-order valence-electron chi connectivity index (χ4n) is 3.09. The number of hydrogen-bond donors (Lipinski definition) is 0. The van der Waals surface area contributed by atoms with Crippen LogP contribution in [0.2, 0.25) is 5.02 Å². The van der Waals surface area contributed by atoms with Crippen LogP contribution in [-0.2, 0) is 17.8 Å². The monoisotopic (exact) mass is 372 g/mol. The highest BCUT2D eigenvalue weighted by Gasteiger charge is 2.28. The first-order valence-electron chi connectivity index (χ1n) is 9.27. The number of carbonyl (C=O) groups is 1. The van der Waals surface area contributed by atoms with Crippen molar-refractivity contribution in [3.8, 4) is 11.5 Å². The predicted octanol–water partition coefficient (Wildman–Crippen LogP) is 5.98. The van der Waals surface area contributed by atoms with Gasteiger partial charge in [-0.2, -0.15) is 0 Å². The first-order valence-corrected chi connectivity index (χ1v) is 9.65. The second-order valence-electron chi connectivity index (χ2n) is 6.78. The fraction of sp³-hybridized carbons (Fsp3) is 0.409. The van der Waals surface area contributed by atoms with Crippen LogP contribution in [0.1, 0.15) is 61.3 Å². The molecule has 0 unspecified atom stereocenters. The Morgan fingerprint density at radius 3 is 2.62 bits per heavy atom. The molecule has 0 radical (unpaired) electrons. The van der Waals surface area contributed by atoms with E-state index in [0.717, 1.165) is 28.9 Å². The molecule has 138 valence electrons. The zero-order valence-electron chi connectivity index (χ0n) is 15.6. The molecule has 1 saturated carbocycles. The summed E-state index contributed by atoms with van der Waals surface area (Å²) in [4.78, 5) is 11.8. The lowest BCUT2D eigenvalue weighted by molar-refractivity contribution is -0.134. The summed E-state index contributed by atoms with van der Waals surface area (Å²) in [5.41, 5.74) is 4.37. The number of halogens is 1. The van der Waals surface area contributed by atoms with Crippen LogP contribution in [0.4, 0.5) is 0 Å². The molecule has 0 heterocycles. The summed E-state index contributed by atoms with van der Waals surface area (Å²) in [6, 6.07) is 9.87. The van der Waals surface area contributed by atoms with Crippen molar-refractivity contribution in [3.63, 3.8) is 0 Å². The normalized spacial score (nSPS) is 13.5. The summed E-state index contributed by atoms with van der Waals surface area (Å²) in [5.74, 6) is 1.71. The minimum absolute atomic E-state index is 0.230. The predicted molar refractivity (Wildman–Crippen MR) is 104 cm³/mol. The molecule has 1 aliphatic rings. The van der Waals surface area contributed by atoms with E-state index in [4.69, 9.17) is 21.1 Å². The molecule has 0 N–H and O–H groups in total. The van der Waals surface area contributed by atoms with Gasteiger partial charge >= 0.3 is 5.97 Å². The van der Waals surface area contributed by atoms with Crippen LogP contribution in [0.15, 0.2) is 30.3 Å². The number of carbonyl (C=O) groups excluding carboxylic acids is 1. The molecule has 0 aromatic heterocycles. The van der Waals surface area contributed by atoms with E-state index in [1.807, 2.05) is 25.1 Å². The molecule has 0 saturated heterocycles. The number of rotatable bonds is 7. The quantitative estimate of drug-likeness (QED) is 0.442. The standard InChI is InChI=1S/C22H25ClO3/c1-4-15-11-14(3)19(23)12-21(15)25-13-18-17(16-9-10-16)7-6-8-20(18)26-22(24)5-2/h6-8,11-12,16H,4-5,9-10,13H2,1-3H3. The summed E-state index contributed by atoms with van der Waals surface area (Å²) in [6.45, 7) is 6.26. The van der Waals surface area contributed by atoms with E-state index < -0.39 is 0 Å². The van der Waals surface area contributed by atoms with Crippen LogP contribution in [-0.4, -0.2) is 5.97 Å². The summed E-state index contributed by atoms with van der Waals surface area (Å²) >= 11 is 6.29. The summed E-state index contributed by atoms with van der Waals surface area (Å²) < 4.78 is 11.7. The zero-order valence-corrected chi connectivity index (χ0v) is 16.4. The van der Waals surface area contributed by atoms with E-state index in [1.54, 1.807) is 6.92 Å². The number of esters is 1. The fourth-order valence-corrected chi connectivity index (χ4v) is 3.24. The molecule has 0 amide bonds. The van der Waals surface area contributed by atoms with Crippen LogP contribution in [0.25, 0.3) is 0 Å². The molecule has 3 nitrogen and oxygen atoms in total. The Morgan fingerprint density at radius 1 is 1.19 bits per heavy atom. The van der Waals surface area contributed by atoms with E-state index in [-0.39, 0.29) is 5.97 Å².